The SMILES string of the molecule is CCCC(N)c1noc(-c2cccc([N+](=O)[O-])c2C)n1. The molecule has 7 heteroatoms. The standard InChI is InChI=1S/C13H16N4O3/c1-3-5-10(14)12-15-13(20-16-12)9-6-4-7-11(8(9)2)17(18)19/h4,6-7,10H,3,5,14H2,1-2H3. The van der Waals surface area contributed by atoms with Crippen molar-refractivity contribution in [3.05, 3.63) is 39.7 Å². The minimum absolute atomic E-state index is 0.0279. The van der Waals surface area contributed by atoms with Crippen LogP contribution in [0.15, 0.2) is 22.7 Å². The summed E-state index contributed by atoms with van der Waals surface area (Å²) in [5.41, 5.74) is 7.00. The maximum Gasteiger partial charge on any atom is 0.273 e. The molecule has 1 aromatic carbocycles. The van der Waals surface area contributed by atoms with Gasteiger partial charge in [0.2, 0.25) is 0 Å². The lowest BCUT2D eigenvalue weighted by Gasteiger charge is -2.03. The Bertz CT molecular complexity index is 624. The summed E-state index contributed by atoms with van der Waals surface area (Å²) in [5, 5.41) is 14.8. The van der Waals surface area contributed by atoms with E-state index in [0.29, 0.717) is 17.0 Å². The van der Waals surface area contributed by atoms with Crippen LogP contribution >= 0.6 is 0 Å². The minimum atomic E-state index is -0.432. The van der Waals surface area contributed by atoms with Crippen molar-refractivity contribution in [1.29, 1.82) is 0 Å². The normalized spacial score (nSPS) is 12.3. The maximum atomic E-state index is 10.9. The van der Waals surface area contributed by atoms with Gasteiger partial charge in [0.25, 0.3) is 11.6 Å². The van der Waals surface area contributed by atoms with Gasteiger partial charge in [0.15, 0.2) is 5.82 Å². The van der Waals surface area contributed by atoms with Crippen LogP contribution in [0.4, 0.5) is 5.69 Å². The van der Waals surface area contributed by atoms with Crippen LogP contribution in [0.25, 0.3) is 11.5 Å². The molecule has 106 valence electrons. The van der Waals surface area contributed by atoms with Gasteiger partial charge in [-0.05, 0) is 19.4 Å². The van der Waals surface area contributed by atoms with Crippen LogP contribution in [0.3, 0.4) is 0 Å². The second-order valence-corrected chi connectivity index (χ2v) is 4.56. The van der Waals surface area contributed by atoms with Gasteiger partial charge >= 0.3 is 0 Å². The predicted octanol–water partition coefficient (Wildman–Crippen LogP) is 2.75. The second kappa shape index (κ2) is 5.79. The number of aromatic nitrogens is 2. The lowest BCUT2D eigenvalue weighted by Crippen LogP contribution is -2.11. The molecule has 0 fully saturated rings. The summed E-state index contributed by atoms with van der Waals surface area (Å²) >= 11 is 0. The molecule has 1 unspecified atom stereocenters. The van der Waals surface area contributed by atoms with Crippen LogP contribution in [0.2, 0.25) is 0 Å². The Morgan fingerprint density at radius 1 is 1.50 bits per heavy atom. The highest BCUT2D eigenvalue weighted by Gasteiger charge is 2.20. The number of hydrogen-bond donors (Lipinski definition) is 1. The first-order valence-corrected chi connectivity index (χ1v) is 6.38. The summed E-state index contributed by atoms with van der Waals surface area (Å²) in [4.78, 5) is 14.7. The molecule has 0 aliphatic carbocycles. The van der Waals surface area contributed by atoms with Crippen molar-refractivity contribution in [3.63, 3.8) is 0 Å². The monoisotopic (exact) mass is 276 g/mol. The number of benzene rings is 1. The third-order valence-electron chi connectivity index (χ3n) is 3.11. The predicted molar refractivity (Wildman–Crippen MR) is 73.0 cm³/mol. The molecule has 2 N–H and O–H groups in total. The van der Waals surface area contributed by atoms with Gasteiger partial charge in [-0.2, -0.15) is 4.98 Å². The average molecular weight is 276 g/mol. The molecular formula is C13H16N4O3. The highest BCUT2D eigenvalue weighted by molar-refractivity contribution is 5.64. The van der Waals surface area contributed by atoms with E-state index >= 15 is 0 Å². The largest absolute Gasteiger partial charge is 0.334 e. The van der Waals surface area contributed by atoms with E-state index in [4.69, 9.17) is 10.3 Å². The third kappa shape index (κ3) is 2.67. The molecule has 20 heavy (non-hydrogen) atoms. The van der Waals surface area contributed by atoms with Crippen LogP contribution in [-0.4, -0.2) is 15.1 Å². The zero-order valence-electron chi connectivity index (χ0n) is 11.4. The van der Waals surface area contributed by atoms with Crippen molar-refractivity contribution in [2.75, 3.05) is 0 Å². The Morgan fingerprint density at radius 3 is 2.90 bits per heavy atom. The first-order chi connectivity index (χ1) is 9.54. The van der Waals surface area contributed by atoms with Crippen molar-refractivity contribution in [1.82, 2.24) is 10.1 Å². The number of nitro groups is 1. The Labute approximate surface area is 115 Å². The summed E-state index contributed by atoms with van der Waals surface area (Å²) in [6.07, 6.45) is 1.67. The van der Waals surface area contributed by atoms with Crippen molar-refractivity contribution >= 4 is 5.69 Å². The van der Waals surface area contributed by atoms with Crippen molar-refractivity contribution < 1.29 is 9.45 Å². The number of hydrogen-bond acceptors (Lipinski definition) is 6. The second-order valence-electron chi connectivity index (χ2n) is 4.56. The molecule has 0 saturated carbocycles. The van der Waals surface area contributed by atoms with Gasteiger partial charge in [0, 0.05) is 17.2 Å². The molecule has 0 aliphatic heterocycles. The molecule has 1 atom stereocenters. The van der Waals surface area contributed by atoms with E-state index < -0.39 is 4.92 Å². The van der Waals surface area contributed by atoms with Crippen molar-refractivity contribution in [3.8, 4) is 11.5 Å². The average Bonchev–Trinajstić information content (AvgIpc) is 2.88. The molecule has 1 heterocycles. The molecule has 0 spiro atoms. The van der Waals surface area contributed by atoms with E-state index in [0.717, 1.165) is 12.8 Å². The molecule has 0 radical (unpaired) electrons. The fourth-order valence-electron chi connectivity index (χ4n) is 1.99. The highest BCUT2D eigenvalue weighted by atomic mass is 16.6. The topological polar surface area (TPSA) is 108 Å². The Balaban J connectivity index is 2.38. The number of nitrogens with zero attached hydrogens (tertiary/aromatic N) is 3. The zero-order chi connectivity index (χ0) is 14.7. The van der Waals surface area contributed by atoms with Crippen LogP contribution < -0.4 is 5.73 Å². The molecule has 1 aromatic heterocycles. The van der Waals surface area contributed by atoms with Gasteiger partial charge in [0.05, 0.1) is 11.0 Å². The van der Waals surface area contributed by atoms with Crippen molar-refractivity contribution in [2.45, 2.75) is 32.7 Å². The first-order valence-electron chi connectivity index (χ1n) is 6.38. The van der Waals surface area contributed by atoms with Crippen molar-refractivity contribution in [2.24, 2.45) is 5.73 Å². The lowest BCUT2D eigenvalue weighted by molar-refractivity contribution is -0.385. The number of nitro benzene ring substituents is 1. The zero-order valence-corrected chi connectivity index (χ0v) is 11.4. The minimum Gasteiger partial charge on any atom is -0.334 e. The van der Waals surface area contributed by atoms with Crippen LogP contribution in [0, 0.1) is 17.0 Å². The van der Waals surface area contributed by atoms with Crippen LogP contribution in [0.5, 0.6) is 0 Å². The smallest absolute Gasteiger partial charge is 0.273 e. The molecule has 0 amide bonds. The third-order valence-corrected chi connectivity index (χ3v) is 3.11. The Morgan fingerprint density at radius 2 is 2.25 bits per heavy atom. The first kappa shape index (κ1) is 14.1. The summed E-state index contributed by atoms with van der Waals surface area (Å²) in [5.74, 6) is 0.681. The Kier molecular flexibility index (Phi) is 4.09. The Hall–Kier alpha value is -2.28. The maximum absolute atomic E-state index is 10.9. The fraction of sp³-hybridized carbons (Fsp3) is 0.385. The molecule has 0 aliphatic rings. The van der Waals surface area contributed by atoms with E-state index in [1.54, 1.807) is 19.1 Å². The van der Waals surface area contributed by atoms with Gasteiger partial charge in [-0.15, -0.1) is 0 Å². The van der Waals surface area contributed by atoms with Crippen LogP contribution in [0.1, 0.15) is 37.2 Å². The quantitative estimate of drug-likeness (QED) is 0.664. The fourth-order valence-corrected chi connectivity index (χ4v) is 1.99. The van der Waals surface area contributed by atoms with Gasteiger partial charge in [-0.1, -0.05) is 24.6 Å². The van der Waals surface area contributed by atoms with E-state index in [2.05, 4.69) is 10.1 Å². The highest BCUT2D eigenvalue weighted by Crippen LogP contribution is 2.29. The molecule has 2 aromatic rings. The van der Waals surface area contributed by atoms with E-state index in [1.807, 2.05) is 6.92 Å². The van der Waals surface area contributed by atoms with E-state index in [-0.39, 0.29) is 17.6 Å². The number of nitrogens with two attached hydrogens (primary N) is 1. The molecule has 0 bridgehead atoms. The summed E-state index contributed by atoms with van der Waals surface area (Å²) in [6, 6.07) is 4.47. The summed E-state index contributed by atoms with van der Waals surface area (Å²) in [7, 11) is 0. The molecule has 7 nitrogen and oxygen atoms in total. The lowest BCUT2D eigenvalue weighted by atomic mass is 10.1. The van der Waals surface area contributed by atoms with E-state index in [1.165, 1.54) is 6.07 Å². The number of rotatable bonds is 5. The molecule has 0 saturated heterocycles. The molecule has 2 rings (SSSR count). The van der Waals surface area contributed by atoms with Gasteiger partial charge in [-0.25, -0.2) is 0 Å². The van der Waals surface area contributed by atoms with Gasteiger partial charge < -0.3 is 10.3 Å². The van der Waals surface area contributed by atoms with Gasteiger partial charge in [0.1, 0.15) is 0 Å². The van der Waals surface area contributed by atoms with Gasteiger partial charge in [-0.3, -0.25) is 10.1 Å². The molecular weight excluding hydrogens is 260 g/mol. The van der Waals surface area contributed by atoms with Crippen LogP contribution in [-0.2, 0) is 0 Å². The van der Waals surface area contributed by atoms with E-state index in [9.17, 15) is 10.1 Å². The summed E-state index contributed by atoms with van der Waals surface area (Å²) in [6.45, 7) is 3.68. The summed E-state index contributed by atoms with van der Waals surface area (Å²) < 4.78 is 5.17.